The summed E-state index contributed by atoms with van der Waals surface area (Å²) in [4.78, 5) is 16.6. The smallest absolute Gasteiger partial charge is 0.234 e. The Hall–Kier alpha value is -2.60. The minimum absolute atomic E-state index is 0.163. The lowest BCUT2D eigenvalue weighted by molar-refractivity contribution is -0.113. The highest BCUT2D eigenvalue weighted by atomic mass is 32.2. The van der Waals surface area contributed by atoms with E-state index in [2.05, 4.69) is 16.9 Å². The Labute approximate surface area is 143 Å². The number of rotatable bonds is 6. The van der Waals surface area contributed by atoms with Gasteiger partial charge in [-0.2, -0.15) is 0 Å². The van der Waals surface area contributed by atoms with Gasteiger partial charge in [0.25, 0.3) is 0 Å². The number of allylic oxidation sites excluding steroid dienone is 1. The molecule has 3 rings (SSSR count). The van der Waals surface area contributed by atoms with Crippen molar-refractivity contribution < 1.29 is 9.18 Å². The summed E-state index contributed by atoms with van der Waals surface area (Å²) in [6.07, 6.45) is 1.80. The zero-order valence-electron chi connectivity index (χ0n) is 12.9. The topological polar surface area (TPSA) is 46.9 Å². The van der Waals surface area contributed by atoms with Crippen LogP contribution in [-0.2, 0) is 11.3 Å². The second-order valence-electron chi connectivity index (χ2n) is 5.13. The Kier molecular flexibility index (Phi) is 4.96. The third kappa shape index (κ3) is 3.65. The van der Waals surface area contributed by atoms with Crippen LogP contribution >= 0.6 is 11.8 Å². The number of benzene rings is 2. The van der Waals surface area contributed by atoms with E-state index in [0.717, 1.165) is 16.2 Å². The monoisotopic (exact) mass is 341 g/mol. The summed E-state index contributed by atoms with van der Waals surface area (Å²) in [5.41, 5.74) is 2.47. The first-order valence-electron chi connectivity index (χ1n) is 7.42. The van der Waals surface area contributed by atoms with Gasteiger partial charge in [-0.05, 0) is 36.4 Å². The van der Waals surface area contributed by atoms with Gasteiger partial charge in [0.05, 0.1) is 16.8 Å². The number of aromatic nitrogens is 2. The fraction of sp³-hybridized carbons (Fsp3) is 0.111. The zero-order chi connectivity index (χ0) is 16.9. The fourth-order valence-corrected chi connectivity index (χ4v) is 3.15. The second kappa shape index (κ2) is 7.31. The van der Waals surface area contributed by atoms with Gasteiger partial charge in [-0.1, -0.05) is 30.0 Å². The number of imidazole rings is 1. The molecule has 0 saturated heterocycles. The van der Waals surface area contributed by atoms with Gasteiger partial charge in [0, 0.05) is 12.2 Å². The van der Waals surface area contributed by atoms with E-state index in [0.29, 0.717) is 12.2 Å². The second-order valence-corrected chi connectivity index (χ2v) is 6.07. The van der Waals surface area contributed by atoms with Crippen LogP contribution in [0.2, 0.25) is 0 Å². The van der Waals surface area contributed by atoms with E-state index in [1.165, 1.54) is 36.0 Å². The number of nitrogens with zero attached hydrogens (tertiary/aromatic N) is 2. The molecule has 0 atom stereocenters. The lowest BCUT2D eigenvalue weighted by Gasteiger charge is -2.07. The van der Waals surface area contributed by atoms with Crippen molar-refractivity contribution in [2.45, 2.75) is 11.7 Å². The van der Waals surface area contributed by atoms with E-state index in [1.807, 2.05) is 28.8 Å². The summed E-state index contributed by atoms with van der Waals surface area (Å²) in [6, 6.07) is 13.5. The molecule has 0 spiro atoms. The van der Waals surface area contributed by atoms with Crippen molar-refractivity contribution >= 4 is 34.4 Å². The number of nitrogens with one attached hydrogen (secondary N) is 1. The number of amides is 1. The maximum Gasteiger partial charge on any atom is 0.234 e. The summed E-state index contributed by atoms with van der Waals surface area (Å²) in [7, 11) is 0. The minimum Gasteiger partial charge on any atom is -0.325 e. The standard InChI is InChI=1S/C18H16FN3OS/c1-2-11-22-16-6-4-3-5-15(16)21-18(22)24-12-17(23)20-14-9-7-13(19)8-10-14/h2-10H,1,11-12H2,(H,20,23). The fourth-order valence-electron chi connectivity index (χ4n) is 2.33. The molecule has 1 amide bonds. The number of anilines is 1. The lowest BCUT2D eigenvalue weighted by Crippen LogP contribution is -2.14. The molecule has 0 fully saturated rings. The third-order valence-corrected chi connectivity index (χ3v) is 4.37. The van der Waals surface area contributed by atoms with Gasteiger partial charge in [0.15, 0.2) is 5.16 Å². The van der Waals surface area contributed by atoms with E-state index in [9.17, 15) is 9.18 Å². The molecule has 3 aromatic rings. The molecule has 0 aliphatic rings. The SMILES string of the molecule is C=CCn1c(SCC(=O)Nc2ccc(F)cc2)nc2ccccc21. The van der Waals surface area contributed by atoms with Crippen molar-refractivity contribution in [3.05, 3.63) is 67.0 Å². The Morgan fingerprint density at radius 2 is 2.00 bits per heavy atom. The zero-order valence-corrected chi connectivity index (χ0v) is 13.7. The molecule has 0 saturated carbocycles. The van der Waals surface area contributed by atoms with Crippen LogP contribution in [0, 0.1) is 5.82 Å². The van der Waals surface area contributed by atoms with Crippen molar-refractivity contribution in [2.75, 3.05) is 11.1 Å². The minimum atomic E-state index is -0.333. The number of carbonyl (C=O) groups is 1. The Morgan fingerprint density at radius 1 is 1.25 bits per heavy atom. The molecule has 2 aromatic carbocycles. The summed E-state index contributed by atoms with van der Waals surface area (Å²) in [5.74, 6) is -0.276. The highest BCUT2D eigenvalue weighted by Crippen LogP contribution is 2.24. The van der Waals surface area contributed by atoms with Crippen molar-refractivity contribution in [1.29, 1.82) is 0 Å². The van der Waals surface area contributed by atoms with E-state index in [4.69, 9.17) is 0 Å². The highest BCUT2D eigenvalue weighted by molar-refractivity contribution is 7.99. The molecule has 1 heterocycles. The summed E-state index contributed by atoms with van der Waals surface area (Å²) >= 11 is 1.36. The van der Waals surface area contributed by atoms with Crippen LogP contribution in [0.3, 0.4) is 0 Å². The van der Waals surface area contributed by atoms with E-state index >= 15 is 0 Å². The molecular formula is C18H16FN3OS. The molecule has 1 aromatic heterocycles. The summed E-state index contributed by atoms with van der Waals surface area (Å²) in [6.45, 7) is 4.40. The van der Waals surface area contributed by atoms with Crippen LogP contribution in [0.4, 0.5) is 10.1 Å². The van der Waals surface area contributed by atoms with Gasteiger partial charge in [-0.25, -0.2) is 9.37 Å². The average molecular weight is 341 g/mol. The highest BCUT2D eigenvalue weighted by Gasteiger charge is 2.12. The van der Waals surface area contributed by atoms with Gasteiger partial charge in [-0.15, -0.1) is 6.58 Å². The summed E-state index contributed by atoms with van der Waals surface area (Å²) < 4.78 is 14.9. The van der Waals surface area contributed by atoms with Gasteiger partial charge < -0.3 is 9.88 Å². The molecule has 0 aliphatic carbocycles. The molecule has 122 valence electrons. The van der Waals surface area contributed by atoms with Gasteiger partial charge in [-0.3, -0.25) is 4.79 Å². The Bertz CT molecular complexity index is 874. The summed E-state index contributed by atoms with van der Waals surface area (Å²) in [5, 5.41) is 3.51. The van der Waals surface area contributed by atoms with Crippen LogP contribution < -0.4 is 5.32 Å². The van der Waals surface area contributed by atoms with Crippen molar-refractivity contribution in [3.63, 3.8) is 0 Å². The number of para-hydroxylation sites is 2. The number of thioether (sulfide) groups is 1. The Balaban J connectivity index is 1.70. The predicted molar refractivity (Wildman–Crippen MR) is 95.7 cm³/mol. The maximum atomic E-state index is 12.9. The van der Waals surface area contributed by atoms with E-state index in [1.54, 1.807) is 6.08 Å². The van der Waals surface area contributed by atoms with Gasteiger partial charge in [0.2, 0.25) is 5.91 Å². The molecule has 1 N–H and O–H groups in total. The van der Waals surface area contributed by atoms with Gasteiger partial charge in [0.1, 0.15) is 5.82 Å². The van der Waals surface area contributed by atoms with Crippen LogP contribution in [0.15, 0.2) is 66.3 Å². The quantitative estimate of drug-likeness (QED) is 0.542. The van der Waals surface area contributed by atoms with Crippen LogP contribution in [0.1, 0.15) is 0 Å². The van der Waals surface area contributed by atoms with Crippen molar-refractivity contribution in [2.24, 2.45) is 0 Å². The largest absolute Gasteiger partial charge is 0.325 e. The molecule has 4 nitrogen and oxygen atoms in total. The van der Waals surface area contributed by atoms with Crippen LogP contribution in [0.5, 0.6) is 0 Å². The first-order valence-corrected chi connectivity index (χ1v) is 8.40. The Morgan fingerprint density at radius 3 is 2.75 bits per heavy atom. The van der Waals surface area contributed by atoms with Gasteiger partial charge >= 0.3 is 0 Å². The molecule has 0 unspecified atom stereocenters. The average Bonchev–Trinajstić information content (AvgIpc) is 2.93. The molecule has 0 bridgehead atoms. The maximum absolute atomic E-state index is 12.9. The first kappa shape index (κ1) is 16.3. The molecule has 6 heteroatoms. The number of carbonyl (C=O) groups excluding carboxylic acids is 1. The van der Waals surface area contributed by atoms with E-state index in [-0.39, 0.29) is 17.5 Å². The van der Waals surface area contributed by atoms with Crippen LogP contribution in [0.25, 0.3) is 11.0 Å². The first-order chi connectivity index (χ1) is 11.7. The van der Waals surface area contributed by atoms with Crippen LogP contribution in [-0.4, -0.2) is 21.2 Å². The van der Waals surface area contributed by atoms with Crippen molar-refractivity contribution in [3.8, 4) is 0 Å². The normalized spacial score (nSPS) is 10.7. The molecule has 0 radical (unpaired) electrons. The number of hydrogen-bond acceptors (Lipinski definition) is 3. The molecular weight excluding hydrogens is 325 g/mol. The van der Waals surface area contributed by atoms with E-state index < -0.39 is 0 Å². The number of hydrogen-bond donors (Lipinski definition) is 1. The lowest BCUT2D eigenvalue weighted by atomic mass is 10.3. The number of halogens is 1. The molecule has 0 aliphatic heterocycles. The third-order valence-electron chi connectivity index (χ3n) is 3.39. The van der Waals surface area contributed by atoms with Crippen molar-refractivity contribution in [1.82, 2.24) is 9.55 Å². The predicted octanol–water partition coefficient (Wildman–Crippen LogP) is 4.09. The number of fused-ring (bicyclic) bond motifs is 1. The molecule has 24 heavy (non-hydrogen) atoms.